The molecule has 3 nitrogen and oxygen atoms in total. The lowest BCUT2D eigenvalue weighted by Crippen LogP contribution is -2.32. The summed E-state index contributed by atoms with van der Waals surface area (Å²) in [5.74, 6) is 3.51. The van der Waals surface area contributed by atoms with Gasteiger partial charge in [-0.2, -0.15) is 0 Å². The van der Waals surface area contributed by atoms with E-state index in [2.05, 4.69) is 278 Å². The smallest absolute Gasteiger partial charge is 0.132 e. The lowest BCUT2D eigenvalue weighted by molar-refractivity contribution is 0.436. The fourth-order valence-electron chi connectivity index (χ4n) is 13.4. The van der Waals surface area contributed by atoms with E-state index < -0.39 is 10.8 Å². The normalized spacial score (nSPS) is 15.3. The van der Waals surface area contributed by atoms with E-state index in [4.69, 9.17) is 9.47 Å². The van der Waals surface area contributed by atoms with E-state index in [1.807, 2.05) is 0 Å². The molecule has 0 bridgehead atoms. The van der Waals surface area contributed by atoms with E-state index in [1.54, 1.807) is 0 Å². The van der Waals surface area contributed by atoms with E-state index in [-0.39, 0.29) is 0 Å². The van der Waals surface area contributed by atoms with Gasteiger partial charge in [0.2, 0.25) is 0 Å². The first-order chi connectivity index (χ1) is 37.2. The Morgan fingerprint density at radius 2 is 0.587 bits per heavy atom. The fourth-order valence-corrected chi connectivity index (χ4v) is 13.4. The van der Waals surface area contributed by atoms with Crippen molar-refractivity contribution in [3.05, 3.63) is 317 Å². The molecule has 75 heavy (non-hydrogen) atoms. The number of anilines is 3. The number of ether oxygens (including phenoxy) is 2. The van der Waals surface area contributed by atoms with Crippen molar-refractivity contribution in [1.29, 1.82) is 0 Å². The Labute approximate surface area is 435 Å². The molecule has 2 aliphatic heterocycles. The summed E-state index contributed by atoms with van der Waals surface area (Å²) in [6.07, 6.45) is 0. The summed E-state index contributed by atoms with van der Waals surface area (Å²) in [6.45, 7) is 0. The number of benzene rings is 12. The van der Waals surface area contributed by atoms with Crippen LogP contribution in [-0.4, -0.2) is 0 Å². The van der Waals surface area contributed by atoms with Crippen molar-refractivity contribution in [2.45, 2.75) is 10.8 Å². The average Bonchev–Trinajstić information content (AvgIpc) is 3.93. The van der Waals surface area contributed by atoms with Crippen molar-refractivity contribution in [3.63, 3.8) is 0 Å². The van der Waals surface area contributed by atoms with Gasteiger partial charge in [0.25, 0.3) is 0 Å². The third-order valence-corrected chi connectivity index (χ3v) is 16.6. The molecule has 0 fully saturated rings. The van der Waals surface area contributed by atoms with Gasteiger partial charge in [0.05, 0.1) is 10.8 Å². The van der Waals surface area contributed by atoms with Gasteiger partial charge in [-0.05, 0) is 144 Å². The quantitative estimate of drug-likeness (QED) is 0.172. The summed E-state index contributed by atoms with van der Waals surface area (Å²) in [5, 5.41) is 2.33. The van der Waals surface area contributed by atoms with Crippen molar-refractivity contribution >= 4 is 27.8 Å². The second kappa shape index (κ2) is 15.9. The molecule has 0 aromatic heterocycles. The van der Waals surface area contributed by atoms with Gasteiger partial charge >= 0.3 is 0 Å². The molecule has 2 aliphatic carbocycles. The minimum Gasteiger partial charge on any atom is -0.457 e. The van der Waals surface area contributed by atoms with Crippen molar-refractivity contribution < 1.29 is 9.47 Å². The number of rotatable bonds is 5. The van der Waals surface area contributed by atoms with Gasteiger partial charge in [-0.25, -0.2) is 0 Å². The molecule has 1 unspecified atom stereocenters. The Balaban J connectivity index is 0.938. The monoisotopic (exact) mass is 955 g/mol. The predicted octanol–water partition coefficient (Wildman–Crippen LogP) is 18.6. The highest BCUT2D eigenvalue weighted by Gasteiger charge is 2.53. The summed E-state index contributed by atoms with van der Waals surface area (Å²) < 4.78 is 13.7. The standard InChI is InChI=1S/C72H45NO2/c1-2-16-46(17-3-1)47-30-32-48(33-31-47)49-34-36-52(37-35-49)73(53-38-40-57-55-20-6-8-22-59(55)71(64(57)44-53)61-24-10-13-27-67(61)74-68-28-14-11-25-62(68)71)54-39-41-58-56-21-7-9-23-60(56)72(65(58)45-54)63-26-12-15-29-69(63)75-70-43-51-19-5-4-18-50(51)42-66(70)72/h1-45H. The Morgan fingerprint density at radius 3 is 1.11 bits per heavy atom. The molecule has 1 atom stereocenters. The predicted molar refractivity (Wildman–Crippen MR) is 304 cm³/mol. The van der Waals surface area contributed by atoms with Gasteiger partial charge in [0.15, 0.2) is 0 Å². The lowest BCUT2D eigenvalue weighted by atomic mass is 9.65. The highest BCUT2D eigenvalue weighted by atomic mass is 16.5. The van der Waals surface area contributed by atoms with Crippen LogP contribution >= 0.6 is 0 Å². The maximum atomic E-state index is 6.95. The van der Waals surface area contributed by atoms with Crippen LogP contribution in [0.4, 0.5) is 17.1 Å². The number of hydrogen-bond donors (Lipinski definition) is 0. The van der Waals surface area contributed by atoms with Crippen LogP contribution in [0.3, 0.4) is 0 Å². The van der Waals surface area contributed by atoms with Gasteiger partial charge in [-0.3, -0.25) is 0 Å². The molecule has 12 aromatic carbocycles. The molecule has 0 radical (unpaired) electrons. The number of nitrogens with zero attached hydrogens (tertiary/aromatic N) is 1. The van der Waals surface area contributed by atoms with Crippen LogP contribution in [0.2, 0.25) is 0 Å². The summed E-state index contributed by atoms with van der Waals surface area (Å²) >= 11 is 0. The van der Waals surface area contributed by atoms with Crippen molar-refractivity contribution in [1.82, 2.24) is 0 Å². The van der Waals surface area contributed by atoms with E-state index in [1.165, 1.54) is 66.6 Å². The van der Waals surface area contributed by atoms with Crippen LogP contribution in [0, 0.1) is 0 Å². The van der Waals surface area contributed by atoms with Crippen LogP contribution in [0.5, 0.6) is 23.0 Å². The molecule has 0 N–H and O–H groups in total. The van der Waals surface area contributed by atoms with Gasteiger partial charge in [0, 0.05) is 39.3 Å². The van der Waals surface area contributed by atoms with E-state index >= 15 is 0 Å². The Morgan fingerprint density at radius 1 is 0.227 bits per heavy atom. The summed E-state index contributed by atoms with van der Waals surface area (Å²) in [4.78, 5) is 2.47. The first-order valence-electron chi connectivity index (χ1n) is 25.9. The van der Waals surface area contributed by atoms with Crippen LogP contribution in [-0.2, 0) is 10.8 Å². The highest BCUT2D eigenvalue weighted by Crippen LogP contribution is 2.65. The third kappa shape index (κ3) is 5.86. The average molecular weight is 956 g/mol. The van der Waals surface area contributed by atoms with Crippen LogP contribution in [0.25, 0.3) is 55.3 Å². The van der Waals surface area contributed by atoms with Gasteiger partial charge in [-0.15, -0.1) is 0 Å². The highest BCUT2D eigenvalue weighted by molar-refractivity contribution is 5.96. The number of para-hydroxylation sites is 3. The summed E-state index contributed by atoms with van der Waals surface area (Å²) in [5.41, 5.74) is 21.1. The molecular weight excluding hydrogens is 911 g/mol. The SMILES string of the molecule is c1ccc(-c2ccc(-c3ccc(N(c4ccc5c(c4)C4(c6ccccc6Oc6ccccc64)c4ccccc4-5)c4ccc5c(c4)C4(c6ccccc6Oc6cc7ccccc7cc64)c4ccccc4-5)cc3)cc2)cc1. The third-order valence-electron chi connectivity index (χ3n) is 16.6. The van der Waals surface area contributed by atoms with Crippen LogP contribution in [0.15, 0.2) is 273 Å². The lowest BCUT2D eigenvalue weighted by Gasteiger charge is -2.40. The number of hydrogen-bond acceptors (Lipinski definition) is 3. The molecule has 0 saturated heterocycles. The van der Waals surface area contributed by atoms with Gasteiger partial charge in [0.1, 0.15) is 23.0 Å². The molecule has 4 aliphatic rings. The van der Waals surface area contributed by atoms with Crippen LogP contribution in [0.1, 0.15) is 44.5 Å². The van der Waals surface area contributed by atoms with Crippen molar-refractivity contribution in [3.8, 4) is 67.5 Å². The molecule has 12 aromatic rings. The van der Waals surface area contributed by atoms with E-state index in [0.29, 0.717) is 0 Å². The second-order valence-electron chi connectivity index (χ2n) is 20.3. The zero-order valence-electron chi connectivity index (χ0n) is 40.7. The van der Waals surface area contributed by atoms with Crippen molar-refractivity contribution in [2.24, 2.45) is 0 Å². The van der Waals surface area contributed by atoms with Gasteiger partial charge in [-0.1, -0.05) is 206 Å². The summed E-state index contributed by atoms with van der Waals surface area (Å²) in [6, 6.07) is 100. The topological polar surface area (TPSA) is 21.7 Å². The molecule has 3 heteroatoms. The Kier molecular flexibility index (Phi) is 8.88. The van der Waals surface area contributed by atoms with Crippen LogP contribution < -0.4 is 14.4 Å². The first-order valence-corrected chi connectivity index (χ1v) is 25.9. The molecule has 2 spiro atoms. The second-order valence-corrected chi connectivity index (χ2v) is 20.3. The Hall–Kier alpha value is -9.70. The maximum absolute atomic E-state index is 6.95. The molecular formula is C72H45NO2. The molecule has 2 heterocycles. The Bertz CT molecular complexity index is 4260. The largest absolute Gasteiger partial charge is 0.457 e. The minimum absolute atomic E-state index is 0.628. The number of fused-ring (bicyclic) bond motifs is 19. The van der Waals surface area contributed by atoms with Gasteiger partial charge < -0.3 is 14.4 Å². The maximum Gasteiger partial charge on any atom is 0.132 e. The van der Waals surface area contributed by atoms with E-state index in [9.17, 15) is 0 Å². The minimum atomic E-state index is -0.670. The zero-order valence-corrected chi connectivity index (χ0v) is 40.7. The molecule has 350 valence electrons. The van der Waals surface area contributed by atoms with Crippen molar-refractivity contribution in [2.75, 3.05) is 4.90 Å². The molecule has 0 saturated carbocycles. The van der Waals surface area contributed by atoms with E-state index in [0.717, 1.165) is 73.3 Å². The first kappa shape index (κ1) is 41.9. The zero-order chi connectivity index (χ0) is 49.2. The fraction of sp³-hybridized carbons (Fsp3) is 0.0278. The molecule has 0 amide bonds. The molecule has 16 rings (SSSR count). The summed E-state index contributed by atoms with van der Waals surface area (Å²) in [7, 11) is 0.